The van der Waals surface area contributed by atoms with Crippen LogP contribution in [0, 0.1) is 58.1 Å². The summed E-state index contributed by atoms with van der Waals surface area (Å²) < 4.78 is 56.6. The number of nitrogens with one attached hydrogen (secondary N) is 1. The fourth-order valence-corrected chi connectivity index (χ4v) is 13.7. The van der Waals surface area contributed by atoms with E-state index in [1.54, 1.807) is 6.07 Å². The molecule has 0 unspecified atom stereocenters. The van der Waals surface area contributed by atoms with Crippen molar-refractivity contribution < 1.29 is 72.7 Å². The van der Waals surface area contributed by atoms with E-state index >= 15 is 0 Å². The van der Waals surface area contributed by atoms with Crippen LogP contribution >= 0.6 is 0 Å². The van der Waals surface area contributed by atoms with Crippen LogP contribution in [0.4, 0.5) is 14.9 Å². The minimum Gasteiger partial charge on any atom is -0.447 e. The van der Waals surface area contributed by atoms with E-state index in [2.05, 4.69) is 33.0 Å². The summed E-state index contributed by atoms with van der Waals surface area (Å²) in [5.41, 5.74) is -0.579. The Morgan fingerprint density at radius 2 is 1.69 bits per heavy atom. The molecule has 4 heterocycles. The largest absolute Gasteiger partial charge is 0.447 e. The van der Waals surface area contributed by atoms with Crippen molar-refractivity contribution in [3.8, 4) is 0 Å². The summed E-state index contributed by atoms with van der Waals surface area (Å²) in [6.07, 6.45) is -6.33. The summed E-state index contributed by atoms with van der Waals surface area (Å²) in [6.45, 7) is 8.75. The quantitative estimate of drug-likeness (QED) is 0.204. The zero-order valence-corrected chi connectivity index (χ0v) is 36.2. The van der Waals surface area contributed by atoms with Gasteiger partial charge in [0.2, 0.25) is 0 Å². The lowest BCUT2D eigenvalue weighted by molar-refractivity contribution is -0.356. The van der Waals surface area contributed by atoms with Gasteiger partial charge in [-0.1, -0.05) is 39.8 Å². The SMILES string of the molecule is C[C@@H]1CC[C@@]2(OC1)O[C@H]1C[C@H]3[C@@H]4CC[C@H]5C[C@@H](O[C@@H]6O[C@@H](CO)[C@@H](O[C@@H]7O[C@@H](COC(=O)Nc8ccccc8F)C[C@H](O)[C@@H]7O)[C@H](O)[C@@H]6O)CC[C@]5(C)[C@H]4CC(=O)[C@]3(C)[C@H]1[C@@H]2C. The van der Waals surface area contributed by atoms with E-state index in [9.17, 15) is 39.5 Å². The van der Waals surface area contributed by atoms with Crippen molar-refractivity contribution in [1.82, 2.24) is 0 Å². The molecule has 4 saturated heterocycles. The molecule has 8 fully saturated rings. The van der Waals surface area contributed by atoms with E-state index < -0.39 is 85.0 Å². The number of halogens is 1. The number of carbonyl (C=O) groups excluding carboxylic acids is 2. The Kier molecular flexibility index (Phi) is 12.4. The molecule has 1 spiro atoms. The second kappa shape index (κ2) is 17.1. The van der Waals surface area contributed by atoms with Crippen molar-refractivity contribution in [3.05, 3.63) is 30.1 Å². The average Bonchev–Trinajstić information content (AvgIpc) is 3.70. The highest BCUT2D eigenvalue weighted by atomic mass is 19.1. The lowest BCUT2D eigenvalue weighted by Crippen LogP contribution is -2.63. The molecule has 0 bridgehead atoms. The Morgan fingerprint density at radius 3 is 2.44 bits per heavy atom. The second-order valence-electron chi connectivity index (χ2n) is 20.5. The first-order chi connectivity index (χ1) is 29.6. The highest BCUT2D eigenvalue weighted by Gasteiger charge is 2.72. The van der Waals surface area contributed by atoms with Gasteiger partial charge in [-0.15, -0.1) is 0 Å². The Hall–Kier alpha value is -2.35. The van der Waals surface area contributed by atoms with E-state index in [1.807, 2.05) is 0 Å². The van der Waals surface area contributed by atoms with Gasteiger partial charge in [-0.25, -0.2) is 9.18 Å². The minimum atomic E-state index is -1.64. The normalized spacial score (nSPS) is 50.0. The summed E-state index contributed by atoms with van der Waals surface area (Å²) in [5.74, 6) is 1.23. The van der Waals surface area contributed by atoms with Gasteiger partial charge in [0.25, 0.3) is 0 Å². The number of benzene rings is 1. The molecule has 4 aliphatic carbocycles. The average molecular weight is 876 g/mol. The molecule has 8 aliphatic rings. The van der Waals surface area contributed by atoms with Crippen LogP contribution in [-0.2, 0) is 38.0 Å². The predicted octanol–water partition coefficient (Wildman–Crippen LogP) is 4.05. The van der Waals surface area contributed by atoms with E-state index in [0.29, 0.717) is 43.5 Å². The number of aliphatic hydroxyl groups excluding tert-OH is 5. The molecule has 1 aromatic carbocycles. The summed E-state index contributed by atoms with van der Waals surface area (Å²) in [7, 11) is 0. The van der Waals surface area contributed by atoms with Gasteiger partial charge >= 0.3 is 6.09 Å². The molecule has 4 aliphatic heterocycles. The Labute approximate surface area is 362 Å². The number of anilines is 1. The Balaban J connectivity index is 0.798. The first-order valence-electron chi connectivity index (χ1n) is 23.0. The van der Waals surface area contributed by atoms with Gasteiger partial charge in [0, 0.05) is 36.5 Å². The number of amides is 1. The van der Waals surface area contributed by atoms with Crippen molar-refractivity contribution in [1.29, 1.82) is 0 Å². The van der Waals surface area contributed by atoms with Crippen molar-refractivity contribution in [2.45, 2.75) is 165 Å². The molecule has 6 N–H and O–H groups in total. The Morgan fingerprint density at radius 1 is 0.919 bits per heavy atom. The van der Waals surface area contributed by atoms with Crippen LogP contribution in [-0.4, -0.2) is 131 Å². The number of ketones is 1. The zero-order chi connectivity index (χ0) is 43.9. The van der Waals surface area contributed by atoms with Crippen molar-refractivity contribution >= 4 is 17.6 Å². The number of ether oxygens (including phenoxy) is 7. The van der Waals surface area contributed by atoms with Crippen molar-refractivity contribution in [2.24, 2.45) is 52.3 Å². The van der Waals surface area contributed by atoms with Crippen molar-refractivity contribution in [3.63, 3.8) is 0 Å². The molecule has 16 heteroatoms. The molecule has 62 heavy (non-hydrogen) atoms. The van der Waals surface area contributed by atoms with Crippen LogP contribution in [0.25, 0.3) is 0 Å². The number of para-hydroxylation sites is 1. The van der Waals surface area contributed by atoms with Crippen LogP contribution in [0.1, 0.15) is 91.9 Å². The Bertz CT molecular complexity index is 1800. The topological polar surface area (TPSA) is 212 Å². The molecule has 21 atom stereocenters. The molecule has 9 rings (SSSR count). The predicted molar refractivity (Wildman–Crippen MR) is 216 cm³/mol. The number of Topliss-reactive ketones (excluding diaryl/α,β-unsaturated/α-hetero) is 1. The maximum absolute atomic E-state index is 14.6. The molecular formula is C46H66FNO14. The smallest absolute Gasteiger partial charge is 0.411 e. The van der Waals surface area contributed by atoms with Gasteiger partial charge in [-0.3, -0.25) is 10.1 Å². The fraction of sp³-hybridized carbons (Fsp3) is 0.826. The molecule has 4 saturated carbocycles. The number of aliphatic hydroxyl groups is 5. The van der Waals surface area contributed by atoms with Gasteiger partial charge < -0.3 is 58.7 Å². The van der Waals surface area contributed by atoms with E-state index in [4.69, 9.17) is 33.2 Å². The molecule has 346 valence electrons. The third-order valence-corrected chi connectivity index (χ3v) is 17.2. The van der Waals surface area contributed by atoms with Gasteiger partial charge in [0.05, 0.1) is 43.3 Å². The highest BCUT2D eigenvalue weighted by Crippen LogP contribution is 2.70. The molecule has 0 radical (unpaired) electrons. The van der Waals surface area contributed by atoms with E-state index in [0.717, 1.165) is 38.5 Å². The van der Waals surface area contributed by atoms with Crippen molar-refractivity contribution in [2.75, 3.05) is 25.1 Å². The molecular weight excluding hydrogens is 809 g/mol. The zero-order valence-electron chi connectivity index (χ0n) is 36.2. The maximum atomic E-state index is 14.6. The lowest BCUT2D eigenvalue weighted by atomic mass is 9.44. The summed E-state index contributed by atoms with van der Waals surface area (Å²) in [4.78, 5) is 26.9. The van der Waals surface area contributed by atoms with Crippen LogP contribution in [0.3, 0.4) is 0 Å². The number of rotatable bonds is 8. The first-order valence-corrected chi connectivity index (χ1v) is 23.0. The number of carbonyl (C=O) groups is 2. The third-order valence-electron chi connectivity index (χ3n) is 17.2. The molecule has 0 aromatic heterocycles. The van der Waals surface area contributed by atoms with Crippen LogP contribution in [0.5, 0.6) is 0 Å². The fourth-order valence-electron chi connectivity index (χ4n) is 13.7. The monoisotopic (exact) mass is 875 g/mol. The van der Waals surface area contributed by atoms with Crippen LogP contribution in [0.15, 0.2) is 24.3 Å². The van der Waals surface area contributed by atoms with Gasteiger partial charge in [-0.05, 0) is 92.1 Å². The van der Waals surface area contributed by atoms with Gasteiger partial charge in [0.1, 0.15) is 48.7 Å². The summed E-state index contributed by atoms with van der Waals surface area (Å²) in [6, 6.07) is 5.55. The van der Waals surface area contributed by atoms with Crippen LogP contribution < -0.4 is 5.32 Å². The molecule has 1 aromatic rings. The van der Waals surface area contributed by atoms with Gasteiger partial charge in [-0.2, -0.15) is 0 Å². The standard InChI is InChI=1S/C46H66FNO14/c1-22-11-14-46(57-20-22)23(2)36-33(62-46)17-29-27-10-9-24-15-25(12-13-44(24,3)28(27)18-35(51)45(29,36)4)58-42-39(54)38(53)40(34(19-49)60-42)61-41-37(52)32(50)16-26(59-41)21-56-43(55)48-31-8-6-5-7-30(31)47/h5-8,22-29,32-34,36-42,49-50,52-54H,9-21H2,1-4H3,(H,48,55)/t22-,23+,24+,25+,26-,27-,28+,29+,32+,33+,34+,36+,37+,38-,39+,40-,41+,42-,44+,45-,46-/m1/s1. The number of hydrogen-bond acceptors (Lipinski definition) is 14. The van der Waals surface area contributed by atoms with E-state index in [1.165, 1.54) is 18.2 Å². The minimum absolute atomic E-state index is 0.0355. The van der Waals surface area contributed by atoms with Crippen LogP contribution in [0.2, 0.25) is 0 Å². The molecule has 15 nitrogen and oxygen atoms in total. The highest BCUT2D eigenvalue weighted by molar-refractivity contribution is 5.87. The lowest BCUT2D eigenvalue weighted by Gasteiger charge is -2.60. The third kappa shape index (κ3) is 7.64. The second-order valence-corrected chi connectivity index (χ2v) is 20.5. The maximum Gasteiger partial charge on any atom is 0.411 e. The van der Waals surface area contributed by atoms with Gasteiger partial charge in [0.15, 0.2) is 18.4 Å². The summed E-state index contributed by atoms with van der Waals surface area (Å²) >= 11 is 0. The number of hydrogen-bond donors (Lipinski definition) is 6. The summed E-state index contributed by atoms with van der Waals surface area (Å²) in [5, 5.41) is 56.7. The van der Waals surface area contributed by atoms with E-state index in [-0.39, 0.29) is 65.9 Å². The molecule has 1 amide bonds. The first kappa shape index (κ1) is 44.8. The number of fused-ring (bicyclic) bond motifs is 7.